The fourth-order valence-corrected chi connectivity index (χ4v) is 2.02. The predicted octanol–water partition coefficient (Wildman–Crippen LogP) is 1.44. The highest BCUT2D eigenvalue weighted by atomic mass is 16.5. The molecule has 0 aliphatic carbocycles. The molecule has 0 fully saturated rings. The van der Waals surface area contributed by atoms with Crippen molar-refractivity contribution in [1.29, 1.82) is 0 Å². The fraction of sp³-hybridized carbons (Fsp3) is 0.286. The molecule has 1 atom stereocenters. The Bertz CT molecular complexity index is 649. The van der Waals surface area contributed by atoms with Crippen LogP contribution in [0.3, 0.4) is 0 Å². The summed E-state index contributed by atoms with van der Waals surface area (Å²) in [5, 5.41) is 6.30. The molecule has 5 heteroatoms. The van der Waals surface area contributed by atoms with Gasteiger partial charge in [-0.05, 0) is 26.0 Å². The van der Waals surface area contributed by atoms with E-state index in [0.29, 0.717) is 11.3 Å². The molecule has 3 N–H and O–H groups in total. The molecule has 100 valence electrons. The Kier molecular flexibility index (Phi) is 3.66. The molecule has 1 unspecified atom stereocenters. The van der Waals surface area contributed by atoms with Gasteiger partial charge in [0.25, 0.3) is 5.56 Å². The van der Waals surface area contributed by atoms with Gasteiger partial charge in [-0.25, -0.2) is 5.10 Å². The number of H-pyrrole nitrogens is 1. The van der Waals surface area contributed by atoms with Crippen molar-refractivity contribution in [1.82, 2.24) is 10.2 Å². The van der Waals surface area contributed by atoms with Crippen LogP contribution in [0.2, 0.25) is 0 Å². The number of nitrogens with one attached hydrogen (secondary N) is 1. The largest absolute Gasteiger partial charge is 0.496 e. The van der Waals surface area contributed by atoms with Crippen LogP contribution in [0.25, 0.3) is 0 Å². The molecule has 1 aromatic carbocycles. The number of methoxy groups -OCH3 is 1. The number of nitrogens with two attached hydrogens (primary N) is 1. The molecule has 0 saturated heterocycles. The standard InChI is InChI=1S/C14H17N3O2/c1-8-4-5-12(19-3)10(6-8)13(15)11-7-9(2)16-17-14(11)18/h4-7,13H,15H2,1-3H3,(H,17,18). The van der Waals surface area contributed by atoms with Crippen molar-refractivity contribution >= 4 is 0 Å². The molecule has 0 radical (unpaired) electrons. The molecule has 0 aliphatic rings. The van der Waals surface area contributed by atoms with Gasteiger partial charge in [0.2, 0.25) is 0 Å². The van der Waals surface area contributed by atoms with Crippen molar-refractivity contribution in [2.45, 2.75) is 19.9 Å². The van der Waals surface area contributed by atoms with Crippen LogP contribution in [0.1, 0.15) is 28.4 Å². The molecule has 0 spiro atoms. The van der Waals surface area contributed by atoms with Gasteiger partial charge in [0.15, 0.2) is 0 Å². The van der Waals surface area contributed by atoms with E-state index in [-0.39, 0.29) is 5.56 Å². The van der Waals surface area contributed by atoms with Crippen molar-refractivity contribution < 1.29 is 4.74 Å². The zero-order valence-corrected chi connectivity index (χ0v) is 11.2. The van der Waals surface area contributed by atoms with Crippen molar-refractivity contribution in [2.24, 2.45) is 5.73 Å². The van der Waals surface area contributed by atoms with E-state index in [1.165, 1.54) is 0 Å². The molecule has 0 aliphatic heterocycles. The number of ether oxygens (including phenoxy) is 1. The van der Waals surface area contributed by atoms with Gasteiger partial charge in [-0.15, -0.1) is 0 Å². The highest BCUT2D eigenvalue weighted by molar-refractivity contribution is 5.43. The summed E-state index contributed by atoms with van der Waals surface area (Å²) < 4.78 is 5.31. The molecule has 2 aromatic rings. The topological polar surface area (TPSA) is 81.0 Å². The third-order valence-corrected chi connectivity index (χ3v) is 3.02. The second-order valence-corrected chi connectivity index (χ2v) is 4.52. The zero-order chi connectivity index (χ0) is 14.0. The van der Waals surface area contributed by atoms with E-state index in [1.807, 2.05) is 25.1 Å². The molecular weight excluding hydrogens is 242 g/mol. The lowest BCUT2D eigenvalue weighted by molar-refractivity contribution is 0.407. The third kappa shape index (κ3) is 2.66. The zero-order valence-electron chi connectivity index (χ0n) is 11.2. The average Bonchev–Trinajstić information content (AvgIpc) is 2.40. The van der Waals surface area contributed by atoms with Crippen molar-refractivity contribution in [3.05, 3.63) is 57.0 Å². The molecule has 1 heterocycles. The summed E-state index contributed by atoms with van der Waals surface area (Å²) in [5.74, 6) is 0.673. The van der Waals surface area contributed by atoms with Gasteiger partial charge < -0.3 is 10.5 Å². The Labute approximate surface area is 111 Å². The summed E-state index contributed by atoms with van der Waals surface area (Å²) in [6, 6.07) is 6.88. The van der Waals surface area contributed by atoms with E-state index >= 15 is 0 Å². The van der Waals surface area contributed by atoms with Gasteiger partial charge in [0, 0.05) is 11.1 Å². The molecular formula is C14H17N3O2. The SMILES string of the molecule is COc1ccc(C)cc1C(N)c1cc(C)n[nH]c1=O. The first-order valence-electron chi connectivity index (χ1n) is 5.99. The normalized spacial score (nSPS) is 12.2. The Morgan fingerprint density at radius 1 is 1.26 bits per heavy atom. The average molecular weight is 259 g/mol. The van der Waals surface area contributed by atoms with E-state index in [4.69, 9.17) is 10.5 Å². The second-order valence-electron chi connectivity index (χ2n) is 4.52. The summed E-state index contributed by atoms with van der Waals surface area (Å²) in [4.78, 5) is 11.8. The van der Waals surface area contributed by atoms with E-state index in [1.54, 1.807) is 20.1 Å². The maximum absolute atomic E-state index is 11.8. The Morgan fingerprint density at radius 3 is 2.68 bits per heavy atom. The quantitative estimate of drug-likeness (QED) is 0.874. The van der Waals surface area contributed by atoms with Gasteiger partial charge in [-0.3, -0.25) is 4.79 Å². The number of benzene rings is 1. The first kappa shape index (κ1) is 13.3. The van der Waals surface area contributed by atoms with Crippen LogP contribution < -0.4 is 16.0 Å². The first-order chi connectivity index (χ1) is 9.02. The summed E-state index contributed by atoms with van der Waals surface area (Å²) in [6.45, 7) is 3.78. The van der Waals surface area contributed by atoms with Crippen molar-refractivity contribution in [2.75, 3.05) is 7.11 Å². The highest BCUT2D eigenvalue weighted by Gasteiger charge is 2.17. The molecule has 2 rings (SSSR count). The predicted molar refractivity (Wildman–Crippen MR) is 73.4 cm³/mol. The minimum absolute atomic E-state index is 0.276. The lowest BCUT2D eigenvalue weighted by atomic mass is 9.98. The van der Waals surface area contributed by atoms with Crippen molar-refractivity contribution in [3.8, 4) is 5.75 Å². The number of aromatic amines is 1. The van der Waals surface area contributed by atoms with E-state index in [9.17, 15) is 4.79 Å². The van der Waals surface area contributed by atoms with Crippen LogP contribution in [-0.2, 0) is 0 Å². The van der Waals surface area contributed by atoms with Crippen molar-refractivity contribution in [3.63, 3.8) is 0 Å². The summed E-state index contributed by atoms with van der Waals surface area (Å²) in [6.07, 6.45) is 0. The van der Waals surface area contributed by atoms with E-state index in [2.05, 4.69) is 10.2 Å². The van der Waals surface area contributed by atoms with Gasteiger partial charge >= 0.3 is 0 Å². The monoisotopic (exact) mass is 259 g/mol. The molecule has 1 aromatic heterocycles. The highest BCUT2D eigenvalue weighted by Crippen LogP contribution is 2.27. The fourth-order valence-electron chi connectivity index (χ4n) is 2.02. The summed E-state index contributed by atoms with van der Waals surface area (Å²) in [5.41, 5.74) is 8.98. The minimum Gasteiger partial charge on any atom is -0.496 e. The smallest absolute Gasteiger partial charge is 0.269 e. The summed E-state index contributed by atoms with van der Waals surface area (Å²) in [7, 11) is 1.59. The molecule has 0 amide bonds. The summed E-state index contributed by atoms with van der Waals surface area (Å²) >= 11 is 0. The van der Waals surface area contributed by atoms with Crippen LogP contribution in [0, 0.1) is 13.8 Å². The number of aromatic nitrogens is 2. The number of hydrogen-bond acceptors (Lipinski definition) is 4. The Balaban J connectivity index is 2.55. The molecule has 0 saturated carbocycles. The first-order valence-corrected chi connectivity index (χ1v) is 5.99. The maximum atomic E-state index is 11.8. The van der Waals surface area contributed by atoms with E-state index in [0.717, 1.165) is 16.8 Å². The Hall–Kier alpha value is -2.14. The van der Waals surface area contributed by atoms with Crippen LogP contribution in [0.4, 0.5) is 0 Å². The maximum Gasteiger partial charge on any atom is 0.269 e. The number of nitrogens with zero attached hydrogens (tertiary/aromatic N) is 1. The lowest BCUT2D eigenvalue weighted by Crippen LogP contribution is -2.24. The second kappa shape index (κ2) is 5.24. The molecule has 19 heavy (non-hydrogen) atoms. The molecule has 5 nitrogen and oxygen atoms in total. The van der Waals surface area contributed by atoms with E-state index < -0.39 is 6.04 Å². The number of aryl methyl sites for hydroxylation is 2. The van der Waals surface area contributed by atoms with Crippen LogP contribution in [-0.4, -0.2) is 17.3 Å². The van der Waals surface area contributed by atoms with Gasteiger partial charge in [0.05, 0.1) is 18.8 Å². The van der Waals surface area contributed by atoms with Gasteiger partial charge in [-0.1, -0.05) is 17.7 Å². The van der Waals surface area contributed by atoms with Crippen LogP contribution >= 0.6 is 0 Å². The number of hydrogen-bond donors (Lipinski definition) is 2. The number of rotatable bonds is 3. The van der Waals surface area contributed by atoms with Crippen LogP contribution in [0.15, 0.2) is 29.1 Å². The minimum atomic E-state index is -0.541. The lowest BCUT2D eigenvalue weighted by Gasteiger charge is -2.16. The third-order valence-electron chi connectivity index (χ3n) is 3.02. The van der Waals surface area contributed by atoms with Gasteiger partial charge in [-0.2, -0.15) is 5.10 Å². The van der Waals surface area contributed by atoms with Gasteiger partial charge in [0.1, 0.15) is 5.75 Å². The Morgan fingerprint density at radius 2 is 2.00 bits per heavy atom. The van der Waals surface area contributed by atoms with Crippen LogP contribution in [0.5, 0.6) is 5.75 Å². The molecule has 0 bridgehead atoms.